The summed E-state index contributed by atoms with van der Waals surface area (Å²) in [5, 5.41) is 15.0. The quantitative estimate of drug-likeness (QED) is 0.205. The molecule has 0 aromatic heterocycles. The Hall–Kier alpha value is -2.49. The fourth-order valence-electron chi connectivity index (χ4n) is 3.91. The van der Waals surface area contributed by atoms with Gasteiger partial charge in [-0.1, -0.05) is 92.9 Å². The highest BCUT2D eigenvalue weighted by Crippen LogP contribution is 2.38. The van der Waals surface area contributed by atoms with Gasteiger partial charge in [-0.2, -0.15) is 0 Å². The number of rotatable bonds is 10. The van der Waals surface area contributed by atoms with E-state index in [2.05, 4.69) is 73.7 Å². The molecule has 0 aliphatic carbocycles. The van der Waals surface area contributed by atoms with Gasteiger partial charge >= 0.3 is 0 Å². The van der Waals surface area contributed by atoms with Gasteiger partial charge in [-0.3, -0.25) is 0 Å². The molecule has 1 unspecified atom stereocenters. The van der Waals surface area contributed by atoms with Crippen molar-refractivity contribution in [2.75, 3.05) is 6.61 Å². The molecule has 2 nitrogen and oxygen atoms in total. The molecule has 0 saturated heterocycles. The Kier molecular flexibility index (Phi) is 7.50. The predicted octanol–water partition coefficient (Wildman–Crippen LogP) is 7.85. The molecule has 3 heteroatoms. The lowest BCUT2D eigenvalue weighted by Crippen LogP contribution is -2.17. The molecule has 0 radical (unpaired) electrons. The third-order valence-electron chi connectivity index (χ3n) is 5.58. The van der Waals surface area contributed by atoms with E-state index < -0.39 is 6.10 Å². The van der Waals surface area contributed by atoms with Crippen LogP contribution in [0.15, 0.2) is 88.7 Å². The zero-order valence-electron chi connectivity index (χ0n) is 18.1. The molecule has 4 rings (SSSR count). The van der Waals surface area contributed by atoms with Gasteiger partial charge in [0.2, 0.25) is 0 Å². The number of ether oxygens (including phenoxy) is 1. The number of hydrogen-bond acceptors (Lipinski definition) is 3. The van der Waals surface area contributed by atoms with Crippen molar-refractivity contribution in [3.8, 4) is 5.75 Å². The summed E-state index contributed by atoms with van der Waals surface area (Å²) in [7, 11) is 0. The van der Waals surface area contributed by atoms with Gasteiger partial charge in [-0.25, -0.2) is 0 Å². The van der Waals surface area contributed by atoms with Gasteiger partial charge in [-0.15, -0.1) is 0 Å². The zero-order valence-corrected chi connectivity index (χ0v) is 18.9. The minimum atomic E-state index is -0.437. The molecule has 0 amide bonds. The SMILES string of the molecule is CCCCCCC(O)COc1c2ccccc2cc2ccc(Sc3ccccc3)cc12. The fourth-order valence-corrected chi connectivity index (χ4v) is 4.79. The van der Waals surface area contributed by atoms with Crippen LogP contribution in [-0.4, -0.2) is 17.8 Å². The van der Waals surface area contributed by atoms with E-state index in [0.717, 1.165) is 40.1 Å². The average Bonchev–Trinajstić information content (AvgIpc) is 2.80. The van der Waals surface area contributed by atoms with Gasteiger partial charge in [0.25, 0.3) is 0 Å². The molecule has 1 N–H and O–H groups in total. The van der Waals surface area contributed by atoms with Crippen LogP contribution >= 0.6 is 11.8 Å². The van der Waals surface area contributed by atoms with E-state index >= 15 is 0 Å². The molecule has 0 spiro atoms. The topological polar surface area (TPSA) is 29.5 Å². The first-order valence-electron chi connectivity index (χ1n) is 11.2. The first-order valence-corrected chi connectivity index (χ1v) is 12.1. The maximum atomic E-state index is 10.5. The third kappa shape index (κ3) is 5.61. The van der Waals surface area contributed by atoms with Crippen molar-refractivity contribution in [1.82, 2.24) is 0 Å². The number of benzene rings is 4. The highest BCUT2D eigenvalue weighted by molar-refractivity contribution is 7.99. The monoisotopic (exact) mass is 430 g/mol. The molecular weight excluding hydrogens is 400 g/mol. The lowest BCUT2D eigenvalue weighted by Gasteiger charge is -2.17. The van der Waals surface area contributed by atoms with Crippen molar-refractivity contribution in [2.24, 2.45) is 0 Å². The molecule has 1 atom stereocenters. The summed E-state index contributed by atoms with van der Waals surface area (Å²) in [6.45, 7) is 2.53. The Labute approximate surface area is 189 Å². The Morgan fingerprint density at radius 1 is 0.774 bits per heavy atom. The van der Waals surface area contributed by atoms with Gasteiger partial charge < -0.3 is 9.84 Å². The summed E-state index contributed by atoms with van der Waals surface area (Å²) in [5.41, 5.74) is 0. The molecule has 0 aliphatic rings. The second kappa shape index (κ2) is 10.7. The van der Waals surface area contributed by atoms with Crippen LogP contribution in [0.5, 0.6) is 5.75 Å². The van der Waals surface area contributed by atoms with Crippen molar-refractivity contribution in [2.45, 2.75) is 54.9 Å². The smallest absolute Gasteiger partial charge is 0.135 e. The molecule has 31 heavy (non-hydrogen) atoms. The highest BCUT2D eigenvalue weighted by Gasteiger charge is 2.13. The molecule has 0 heterocycles. The molecular formula is C28H30O2S. The van der Waals surface area contributed by atoms with Crippen molar-refractivity contribution in [3.05, 3.63) is 78.9 Å². The van der Waals surface area contributed by atoms with Crippen LogP contribution in [0.2, 0.25) is 0 Å². The highest BCUT2D eigenvalue weighted by atomic mass is 32.2. The van der Waals surface area contributed by atoms with Crippen LogP contribution in [0.3, 0.4) is 0 Å². The van der Waals surface area contributed by atoms with Crippen LogP contribution < -0.4 is 4.74 Å². The summed E-state index contributed by atoms with van der Waals surface area (Å²) in [5.74, 6) is 0.871. The Bertz CT molecular complexity index is 1120. The molecule has 0 fully saturated rings. The summed E-state index contributed by atoms with van der Waals surface area (Å²) in [6.07, 6.45) is 5.00. The molecule has 4 aromatic rings. The number of hydrogen-bond donors (Lipinski definition) is 1. The fraction of sp³-hybridized carbons (Fsp3) is 0.286. The molecule has 0 bridgehead atoms. The van der Waals surface area contributed by atoms with E-state index in [1.54, 1.807) is 11.8 Å². The van der Waals surface area contributed by atoms with Crippen molar-refractivity contribution >= 4 is 33.3 Å². The van der Waals surface area contributed by atoms with E-state index in [1.165, 1.54) is 29.1 Å². The number of aliphatic hydroxyl groups excluding tert-OH is 1. The minimum Gasteiger partial charge on any atom is -0.490 e. The van der Waals surface area contributed by atoms with Gasteiger partial charge in [0, 0.05) is 20.6 Å². The third-order valence-corrected chi connectivity index (χ3v) is 6.57. The predicted molar refractivity (Wildman–Crippen MR) is 132 cm³/mol. The second-order valence-corrected chi connectivity index (χ2v) is 9.19. The van der Waals surface area contributed by atoms with Gasteiger partial charge in [0.1, 0.15) is 12.4 Å². The zero-order chi connectivity index (χ0) is 21.5. The lowest BCUT2D eigenvalue weighted by atomic mass is 10.0. The lowest BCUT2D eigenvalue weighted by molar-refractivity contribution is 0.0990. The minimum absolute atomic E-state index is 0.325. The summed E-state index contributed by atoms with van der Waals surface area (Å²) < 4.78 is 6.30. The number of aliphatic hydroxyl groups is 1. The van der Waals surface area contributed by atoms with Crippen LogP contribution in [0.1, 0.15) is 39.0 Å². The molecule has 0 saturated carbocycles. The Morgan fingerprint density at radius 3 is 2.39 bits per heavy atom. The van der Waals surface area contributed by atoms with Crippen LogP contribution in [0, 0.1) is 0 Å². The molecule has 0 aliphatic heterocycles. The summed E-state index contributed by atoms with van der Waals surface area (Å²) in [6, 6.07) is 27.5. The van der Waals surface area contributed by atoms with E-state index in [0.29, 0.717) is 6.61 Å². The average molecular weight is 431 g/mol. The van der Waals surface area contributed by atoms with Gasteiger partial charge in [0.15, 0.2) is 0 Å². The van der Waals surface area contributed by atoms with Crippen LogP contribution in [0.4, 0.5) is 0 Å². The number of fused-ring (bicyclic) bond motifs is 2. The Balaban J connectivity index is 1.62. The first kappa shape index (κ1) is 21.7. The van der Waals surface area contributed by atoms with Crippen molar-refractivity contribution in [3.63, 3.8) is 0 Å². The first-order chi connectivity index (χ1) is 15.2. The van der Waals surface area contributed by atoms with E-state index in [1.807, 2.05) is 12.1 Å². The Morgan fingerprint density at radius 2 is 1.55 bits per heavy atom. The van der Waals surface area contributed by atoms with Crippen molar-refractivity contribution in [1.29, 1.82) is 0 Å². The van der Waals surface area contributed by atoms with E-state index in [4.69, 9.17) is 4.74 Å². The van der Waals surface area contributed by atoms with E-state index in [-0.39, 0.29) is 0 Å². The second-order valence-electron chi connectivity index (χ2n) is 8.04. The van der Waals surface area contributed by atoms with Crippen molar-refractivity contribution < 1.29 is 9.84 Å². The standard InChI is InChI=1S/C28H30O2S/c1-2-3-4-6-12-23(29)20-30-28-26-15-10-9-11-21(26)18-22-16-17-25(19-27(22)28)31-24-13-7-5-8-14-24/h5,7-11,13-19,23,29H,2-4,6,12,20H2,1H3. The van der Waals surface area contributed by atoms with Crippen LogP contribution in [0.25, 0.3) is 21.5 Å². The van der Waals surface area contributed by atoms with Gasteiger partial charge in [0.05, 0.1) is 6.10 Å². The normalized spacial score (nSPS) is 12.3. The van der Waals surface area contributed by atoms with E-state index in [9.17, 15) is 5.11 Å². The number of unbranched alkanes of at least 4 members (excludes halogenated alkanes) is 3. The maximum Gasteiger partial charge on any atom is 0.135 e. The summed E-state index contributed by atoms with van der Waals surface area (Å²) in [4.78, 5) is 2.39. The largest absolute Gasteiger partial charge is 0.490 e. The molecule has 4 aromatic carbocycles. The maximum absolute atomic E-state index is 10.5. The molecule has 160 valence electrons. The van der Waals surface area contributed by atoms with Crippen LogP contribution in [-0.2, 0) is 0 Å². The van der Waals surface area contributed by atoms with Gasteiger partial charge in [-0.05, 0) is 47.5 Å². The summed E-state index contributed by atoms with van der Waals surface area (Å²) >= 11 is 1.75.